The molecule has 0 saturated carbocycles. The van der Waals surface area contributed by atoms with Gasteiger partial charge < -0.3 is 20.4 Å². The van der Waals surface area contributed by atoms with Crippen LogP contribution in [0.1, 0.15) is 111 Å². The first-order valence-electron chi connectivity index (χ1n) is 16.6. The van der Waals surface area contributed by atoms with E-state index in [0.717, 1.165) is 25.7 Å². The maximum atomic E-state index is 11.2. The van der Waals surface area contributed by atoms with Gasteiger partial charge in [-0.25, -0.2) is 0 Å². The van der Waals surface area contributed by atoms with Crippen molar-refractivity contribution >= 4 is 23.9 Å². The highest BCUT2D eigenvalue weighted by Gasteiger charge is 2.16. The van der Waals surface area contributed by atoms with E-state index in [1.165, 1.54) is 30.4 Å². The normalized spacial score (nSPS) is 11.6. The Kier molecular flexibility index (Phi) is 32.0. The van der Waals surface area contributed by atoms with E-state index < -0.39 is 23.9 Å². The summed E-state index contributed by atoms with van der Waals surface area (Å²) in [7, 11) is 0. The van der Waals surface area contributed by atoms with Crippen molar-refractivity contribution in [1.29, 1.82) is 0 Å². The maximum Gasteiger partial charge on any atom is 0.317 e. The van der Waals surface area contributed by atoms with Crippen LogP contribution < -0.4 is 0 Å². The standard InChI is InChI=1S/C20H32N2O4.C10H20O2.C3H6O2.C2H6/c1-4-9-21(14-19(23)24)10-11-22(15-20(25)26)13-17(3)12-18-7-5-16(2)6-8-18;1-3-4-6-9(2)7-5-8-10(11)12;1-2-3(4)5;1-2/h5-8,17H,4,9-15H2,1-3H3,(H,23,24)(H,25,26);9H,3-8H2,1-2H3,(H,11,12);2H2,1H3,(H,4,5);1-2H3. The predicted octanol–water partition coefficient (Wildman–Crippen LogP) is 6.93. The van der Waals surface area contributed by atoms with Crippen LogP contribution >= 0.6 is 0 Å². The zero-order chi connectivity index (χ0) is 35.2. The molecule has 10 nitrogen and oxygen atoms in total. The van der Waals surface area contributed by atoms with Crippen molar-refractivity contribution in [2.75, 3.05) is 39.3 Å². The van der Waals surface area contributed by atoms with E-state index in [1.54, 1.807) is 6.92 Å². The molecule has 0 aliphatic carbocycles. The Hall–Kier alpha value is -2.98. The summed E-state index contributed by atoms with van der Waals surface area (Å²) in [6.45, 7) is 18.6. The molecule has 0 radical (unpaired) electrons. The summed E-state index contributed by atoms with van der Waals surface area (Å²) in [5.41, 5.74) is 2.47. The second-order valence-corrected chi connectivity index (χ2v) is 11.4. The van der Waals surface area contributed by atoms with Crippen molar-refractivity contribution in [2.24, 2.45) is 11.8 Å². The third-order valence-corrected chi connectivity index (χ3v) is 6.71. The molecule has 0 saturated heterocycles. The molecule has 10 heteroatoms. The molecule has 0 aromatic heterocycles. The van der Waals surface area contributed by atoms with Crippen LogP contribution in [0.3, 0.4) is 0 Å². The van der Waals surface area contributed by atoms with E-state index in [1.807, 2.05) is 30.6 Å². The third-order valence-electron chi connectivity index (χ3n) is 6.71. The lowest BCUT2D eigenvalue weighted by molar-refractivity contribution is -0.140. The summed E-state index contributed by atoms with van der Waals surface area (Å²) in [5, 5.41) is 34.3. The van der Waals surface area contributed by atoms with Crippen LogP contribution in [0.15, 0.2) is 24.3 Å². The topological polar surface area (TPSA) is 156 Å². The molecule has 1 aromatic rings. The Morgan fingerprint density at radius 1 is 0.667 bits per heavy atom. The summed E-state index contributed by atoms with van der Waals surface area (Å²) in [6.07, 6.45) is 7.97. The van der Waals surface area contributed by atoms with Gasteiger partial charge in [0.1, 0.15) is 0 Å². The smallest absolute Gasteiger partial charge is 0.317 e. The molecule has 4 N–H and O–H groups in total. The van der Waals surface area contributed by atoms with Gasteiger partial charge >= 0.3 is 23.9 Å². The Morgan fingerprint density at radius 2 is 1.16 bits per heavy atom. The molecule has 0 fully saturated rings. The number of hydrogen-bond acceptors (Lipinski definition) is 6. The van der Waals surface area contributed by atoms with Gasteiger partial charge in [-0.2, -0.15) is 0 Å². The average Bonchev–Trinajstić information content (AvgIpc) is 2.97. The molecule has 1 aromatic carbocycles. The van der Waals surface area contributed by atoms with Crippen LogP contribution in [-0.4, -0.2) is 93.4 Å². The molecule has 0 heterocycles. The summed E-state index contributed by atoms with van der Waals surface area (Å²) < 4.78 is 0. The van der Waals surface area contributed by atoms with Gasteiger partial charge in [-0.15, -0.1) is 0 Å². The molecule has 2 unspecified atom stereocenters. The van der Waals surface area contributed by atoms with Crippen LogP contribution in [0, 0.1) is 18.8 Å². The van der Waals surface area contributed by atoms with Crippen molar-refractivity contribution < 1.29 is 39.6 Å². The molecule has 2 atom stereocenters. The molecular formula is C35H64N2O8. The van der Waals surface area contributed by atoms with Gasteiger partial charge in [0.25, 0.3) is 0 Å². The highest BCUT2D eigenvalue weighted by atomic mass is 16.4. The van der Waals surface area contributed by atoms with E-state index in [9.17, 15) is 24.3 Å². The number of benzene rings is 1. The Labute approximate surface area is 272 Å². The lowest BCUT2D eigenvalue weighted by Crippen LogP contribution is -2.41. The van der Waals surface area contributed by atoms with Crippen LogP contribution in [0.5, 0.6) is 0 Å². The van der Waals surface area contributed by atoms with Crippen molar-refractivity contribution in [3.8, 4) is 0 Å². The summed E-state index contributed by atoms with van der Waals surface area (Å²) in [4.78, 5) is 45.5. The van der Waals surface area contributed by atoms with Crippen LogP contribution in [-0.2, 0) is 25.6 Å². The lowest BCUT2D eigenvalue weighted by Gasteiger charge is -2.27. The molecule has 0 aliphatic rings. The van der Waals surface area contributed by atoms with E-state index in [-0.39, 0.29) is 19.5 Å². The quantitative estimate of drug-likeness (QED) is 0.111. The molecule has 262 valence electrons. The fourth-order valence-corrected chi connectivity index (χ4v) is 4.42. The zero-order valence-electron chi connectivity index (χ0n) is 29.4. The molecule has 0 amide bonds. The number of aliphatic carboxylic acids is 4. The van der Waals surface area contributed by atoms with Gasteiger partial charge in [0, 0.05) is 32.5 Å². The Morgan fingerprint density at radius 3 is 1.60 bits per heavy atom. The predicted molar refractivity (Wildman–Crippen MR) is 182 cm³/mol. The Bertz CT molecular complexity index is 892. The largest absolute Gasteiger partial charge is 0.481 e. The van der Waals surface area contributed by atoms with Gasteiger partial charge in [0.15, 0.2) is 0 Å². The van der Waals surface area contributed by atoms with Crippen molar-refractivity contribution in [1.82, 2.24) is 9.80 Å². The van der Waals surface area contributed by atoms with Crippen LogP contribution in [0.4, 0.5) is 0 Å². The Balaban J connectivity index is -0.000000767. The number of carboxylic acids is 4. The molecule has 0 aliphatic heterocycles. The number of aryl methyl sites for hydroxylation is 1. The summed E-state index contributed by atoms with van der Waals surface area (Å²) >= 11 is 0. The monoisotopic (exact) mass is 640 g/mol. The first-order chi connectivity index (χ1) is 21.2. The molecule has 1 rings (SSSR count). The molecule has 45 heavy (non-hydrogen) atoms. The number of hydrogen-bond donors (Lipinski definition) is 4. The van der Waals surface area contributed by atoms with E-state index >= 15 is 0 Å². The van der Waals surface area contributed by atoms with Crippen LogP contribution in [0.25, 0.3) is 0 Å². The molecule has 0 bridgehead atoms. The van der Waals surface area contributed by atoms with Crippen LogP contribution in [0.2, 0.25) is 0 Å². The fraction of sp³-hybridized carbons (Fsp3) is 0.714. The highest BCUT2D eigenvalue weighted by Crippen LogP contribution is 2.15. The summed E-state index contributed by atoms with van der Waals surface area (Å²) in [6, 6.07) is 8.41. The fourth-order valence-electron chi connectivity index (χ4n) is 4.42. The second-order valence-electron chi connectivity index (χ2n) is 11.4. The van der Waals surface area contributed by atoms with Gasteiger partial charge in [-0.05, 0) is 50.1 Å². The SMILES string of the molecule is CC.CCC(=O)O.CCCCC(C)CCCC(=O)O.CCCN(CCN(CC(=O)O)CC(C)Cc1ccc(C)cc1)CC(=O)O. The van der Waals surface area contributed by atoms with Gasteiger partial charge in [0.05, 0.1) is 13.1 Å². The highest BCUT2D eigenvalue weighted by molar-refractivity contribution is 5.69. The molecule has 0 spiro atoms. The van der Waals surface area contributed by atoms with E-state index in [4.69, 9.17) is 15.3 Å². The third kappa shape index (κ3) is 33.7. The number of carboxylic acid groups (broad SMARTS) is 4. The average molecular weight is 641 g/mol. The first-order valence-corrected chi connectivity index (χ1v) is 16.6. The minimum Gasteiger partial charge on any atom is -0.481 e. The van der Waals surface area contributed by atoms with Crippen molar-refractivity contribution in [3.63, 3.8) is 0 Å². The minimum absolute atomic E-state index is 0.00628. The van der Waals surface area contributed by atoms with E-state index in [0.29, 0.717) is 44.4 Å². The number of rotatable bonds is 21. The number of carbonyl (C=O) groups is 4. The zero-order valence-corrected chi connectivity index (χ0v) is 29.4. The molecular weight excluding hydrogens is 576 g/mol. The second kappa shape index (κ2) is 31.0. The first kappa shape index (κ1) is 46.4. The van der Waals surface area contributed by atoms with Crippen molar-refractivity contribution in [3.05, 3.63) is 35.4 Å². The lowest BCUT2D eigenvalue weighted by atomic mass is 9.98. The van der Waals surface area contributed by atoms with Gasteiger partial charge in [0.2, 0.25) is 0 Å². The maximum absolute atomic E-state index is 11.2. The van der Waals surface area contributed by atoms with Gasteiger partial charge in [-0.1, -0.05) is 104 Å². The summed E-state index contributed by atoms with van der Waals surface area (Å²) in [5.74, 6) is -2.10. The van der Waals surface area contributed by atoms with Crippen molar-refractivity contribution in [2.45, 2.75) is 113 Å². The number of nitrogens with zero attached hydrogens (tertiary/aromatic N) is 2. The number of unbranched alkanes of at least 4 members (excludes halogenated alkanes) is 1. The van der Waals surface area contributed by atoms with Gasteiger partial charge in [-0.3, -0.25) is 29.0 Å². The minimum atomic E-state index is -0.854. The van der Waals surface area contributed by atoms with E-state index in [2.05, 4.69) is 52.0 Å².